The number of hydrogen-bond donors (Lipinski definition) is 1. The molecular weight excluding hydrogens is 405 g/mol. The number of nitrogens with zero attached hydrogens (tertiary/aromatic N) is 2. The molecule has 2 heterocycles. The Morgan fingerprint density at radius 1 is 1.21 bits per heavy atom. The van der Waals surface area contributed by atoms with Gasteiger partial charge < -0.3 is 5.32 Å². The molecule has 7 nitrogen and oxygen atoms in total. The van der Waals surface area contributed by atoms with E-state index in [1.54, 1.807) is 6.92 Å². The fraction of sp³-hybridized carbons (Fsp3) is 0.389. The lowest BCUT2D eigenvalue weighted by atomic mass is 9.97. The lowest BCUT2D eigenvalue weighted by molar-refractivity contribution is -0.120. The predicted molar refractivity (Wildman–Crippen MR) is 103 cm³/mol. The number of ketones is 1. The quantitative estimate of drug-likeness (QED) is 0.743. The Kier molecular flexibility index (Phi) is 5.92. The molecular formula is C18H20FN3O4S2. The van der Waals surface area contributed by atoms with Gasteiger partial charge in [-0.3, -0.25) is 9.59 Å². The van der Waals surface area contributed by atoms with E-state index in [9.17, 15) is 22.4 Å². The number of halogens is 1. The highest BCUT2D eigenvalue weighted by molar-refractivity contribution is 7.89. The Bertz CT molecular complexity index is 994. The molecule has 0 aliphatic carbocycles. The number of Topliss-reactive ketones (excluding diaryl/α,β-unsaturated/α-hetero) is 1. The van der Waals surface area contributed by atoms with Crippen LogP contribution in [0.25, 0.3) is 0 Å². The van der Waals surface area contributed by atoms with Gasteiger partial charge in [-0.15, -0.1) is 0 Å². The monoisotopic (exact) mass is 425 g/mol. The van der Waals surface area contributed by atoms with E-state index in [4.69, 9.17) is 0 Å². The normalized spacial score (nSPS) is 16.1. The second kappa shape index (κ2) is 8.06. The summed E-state index contributed by atoms with van der Waals surface area (Å²) < 4.78 is 39.6. The number of piperidine rings is 1. The highest BCUT2D eigenvalue weighted by Crippen LogP contribution is 2.27. The van der Waals surface area contributed by atoms with Gasteiger partial charge in [-0.05, 0) is 44.0 Å². The van der Waals surface area contributed by atoms with Gasteiger partial charge in [0.25, 0.3) is 0 Å². The number of amides is 1. The zero-order chi connectivity index (χ0) is 20.5. The summed E-state index contributed by atoms with van der Waals surface area (Å²) in [6.45, 7) is 3.56. The highest BCUT2D eigenvalue weighted by atomic mass is 32.2. The van der Waals surface area contributed by atoms with Crippen LogP contribution in [0.5, 0.6) is 0 Å². The molecule has 1 saturated heterocycles. The van der Waals surface area contributed by atoms with Crippen LogP contribution >= 0.6 is 11.3 Å². The molecule has 0 unspecified atom stereocenters. The van der Waals surface area contributed by atoms with Gasteiger partial charge in [-0.2, -0.15) is 4.31 Å². The number of hydrogen-bond acceptors (Lipinski definition) is 6. The number of rotatable bonds is 5. The van der Waals surface area contributed by atoms with Gasteiger partial charge in [-0.25, -0.2) is 17.8 Å². The molecule has 10 heteroatoms. The molecule has 0 saturated carbocycles. The van der Waals surface area contributed by atoms with Crippen LogP contribution in [0.2, 0.25) is 0 Å². The Morgan fingerprint density at radius 2 is 1.82 bits per heavy atom. The van der Waals surface area contributed by atoms with Crippen LogP contribution < -0.4 is 5.32 Å². The zero-order valence-corrected chi connectivity index (χ0v) is 17.1. The van der Waals surface area contributed by atoms with Crippen molar-refractivity contribution in [3.8, 4) is 0 Å². The average molecular weight is 426 g/mol. The van der Waals surface area contributed by atoms with E-state index in [2.05, 4.69) is 10.3 Å². The lowest BCUT2D eigenvalue weighted by Gasteiger charge is -2.30. The Hall–Kier alpha value is -2.17. The van der Waals surface area contributed by atoms with E-state index in [1.165, 1.54) is 23.4 Å². The van der Waals surface area contributed by atoms with Gasteiger partial charge in [0.15, 0.2) is 10.9 Å². The third-order valence-electron chi connectivity index (χ3n) is 4.62. The molecule has 3 rings (SSSR count). The molecule has 0 bridgehead atoms. The third-order valence-corrected chi connectivity index (χ3v) is 7.71. The van der Waals surface area contributed by atoms with Crippen LogP contribution in [0.1, 0.15) is 35.1 Å². The summed E-state index contributed by atoms with van der Waals surface area (Å²) in [5.74, 6) is -1.18. The minimum absolute atomic E-state index is 0.0341. The van der Waals surface area contributed by atoms with Crippen LogP contribution in [0.15, 0.2) is 29.2 Å². The number of aromatic nitrogens is 1. The number of thiazole rings is 1. The summed E-state index contributed by atoms with van der Waals surface area (Å²) in [6.07, 6.45) is 0.742. The third kappa shape index (κ3) is 4.29. The van der Waals surface area contributed by atoms with Crippen molar-refractivity contribution in [1.82, 2.24) is 9.29 Å². The summed E-state index contributed by atoms with van der Waals surface area (Å²) >= 11 is 1.13. The fourth-order valence-electron chi connectivity index (χ4n) is 3.10. The van der Waals surface area contributed by atoms with E-state index in [-0.39, 0.29) is 35.6 Å². The van der Waals surface area contributed by atoms with Crippen molar-refractivity contribution in [3.63, 3.8) is 0 Å². The molecule has 0 atom stereocenters. The number of carbonyl (C=O) groups excluding carboxylic acids is 2. The SMILES string of the molecule is CC(=O)c1sc(NC(=O)C2CCN(S(=O)(=O)c3ccc(F)cc3)CC2)nc1C. The molecule has 1 aromatic heterocycles. The van der Waals surface area contributed by atoms with Crippen LogP contribution in [0.3, 0.4) is 0 Å². The molecule has 2 aromatic rings. The number of anilines is 1. The summed E-state index contributed by atoms with van der Waals surface area (Å²) in [4.78, 5) is 28.7. The largest absolute Gasteiger partial charge is 0.302 e. The maximum absolute atomic E-state index is 13.0. The van der Waals surface area contributed by atoms with Crippen LogP contribution in [0, 0.1) is 18.7 Å². The fourth-order valence-corrected chi connectivity index (χ4v) is 5.43. The predicted octanol–water partition coefficient (Wildman–Crippen LogP) is 2.83. The standard InChI is InChI=1S/C18H20FN3O4S2/c1-11-16(12(2)23)27-18(20-11)21-17(24)13-7-9-22(10-8-13)28(25,26)15-5-3-14(19)4-6-15/h3-6,13H,7-10H2,1-2H3,(H,20,21,24). The number of carbonyl (C=O) groups is 2. The molecule has 1 aliphatic heterocycles. The maximum Gasteiger partial charge on any atom is 0.243 e. The Labute approximate surface area is 166 Å². The first-order valence-corrected chi connectivity index (χ1v) is 11.0. The molecule has 28 heavy (non-hydrogen) atoms. The van der Waals surface area contributed by atoms with Gasteiger partial charge in [0.2, 0.25) is 15.9 Å². The second-order valence-corrected chi connectivity index (χ2v) is 9.55. The zero-order valence-electron chi connectivity index (χ0n) is 15.4. The second-order valence-electron chi connectivity index (χ2n) is 6.61. The van der Waals surface area contributed by atoms with Crippen LogP contribution in [0.4, 0.5) is 9.52 Å². The molecule has 1 amide bonds. The molecule has 1 aromatic carbocycles. The van der Waals surface area contributed by atoms with Crippen molar-refractivity contribution < 1.29 is 22.4 Å². The number of aryl methyl sites for hydroxylation is 1. The lowest BCUT2D eigenvalue weighted by Crippen LogP contribution is -2.41. The Morgan fingerprint density at radius 3 is 2.36 bits per heavy atom. The van der Waals surface area contributed by atoms with Crippen molar-refractivity contribution in [3.05, 3.63) is 40.7 Å². The summed E-state index contributed by atoms with van der Waals surface area (Å²) in [6, 6.07) is 4.69. The summed E-state index contributed by atoms with van der Waals surface area (Å²) in [5.41, 5.74) is 0.577. The van der Waals surface area contributed by atoms with Gasteiger partial charge in [0.05, 0.1) is 15.5 Å². The van der Waals surface area contributed by atoms with Crippen molar-refractivity contribution in [1.29, 1.82) is 0 Å². The van der Waals surface area contributed by atoms with Crippen molar-refractivity contribution in [2.24, 2.45) is 5.92 Å². The van der Waals surface area contributed by atoms with Crippen molar-refractivity contribution >= 4 is 38.2 Å². The molecule has 1 aliphatic rings. The number of benzene rings is 1. The summed E-state index contributed by atoms with van der Waals surface area (Å²) in [5, 5.41) is 3.10. The first kappa shape index (κ1) is 20.6. The molecule has 150 valence electrons. The van der Waals surface area contributed by atoms with E-state index >= 15 is 0 Å². The Balaban J connectivity index is 1.61. The molecule has 0 radical (unpaired) electrons. The molecule has 0 spiro atoms. The van der Waals surface area contributed by atoms with Gasteiger partial charge >= 0.3 is 0 Å². The first-order chi connectivity index (χ1) is 13.2. The van der Waals surface area contributed by atoms with Crippen molar-refractivity contribution in [2.45, 2.75) is 31.6 Å². The average Bonchev–Trinajstić information content (AvgIpc) is 3.02. The van der Waals surface area contributed by atoms with E-state index in [0.29, 0.717) is 28.5 Å². The van der Waals surface area contributed by atoms with E-state index < -0.39 is 15.8 Å². The first-order valence-electron chi connectivity index (χ1n) is 8.73. The smallest absolute Gasteiger partial charge is 0.243 e. The molecule has 1 fully saturated rings. The van der Waals surface area contributed by atoms with E-state index in [0.717, 1.165) is 23.5 Å². The number of sulfonamides is 1. The van der Waals surface area contributed by atoms with Crippen LogP contribution in [-0.2, 0) is 14.8 Å². The topological polar surface area (TPSA) is 96.4 Å². The van der Waals surface area contributed by atoms with Crippen molar-refractivity contribution in [2.75, 3.05) is 18.4 Å². The van der Waals surface area contributed by atoms with E-state index in [1.807, 2.05) is 0 Å². The highest BCUT2D eigenvalue weighted by Gasteiger charge is 2.32. The minimum atomic E-state index is -3.71. The van der Waals surface area contributed by atoms with Gasteiger partial charge in [0, 0.05) is 25.9 Å². The number of nitrogens with one attached hydrogen (secondary N) is 1. The minimum Gasteiger partial charge on any atom is -0.302 e. The molecule has 1 N–H and O–H groups in total. The van der Waals surface area contributed by atoms with Gasteiger partial charge in [0.1, 0.15) is 5.82 Å². The van der Waals surface area contributed by atoms with Crippen LogP contribution in [-0.4, -0.2) is 42.5 Å². The van der Waals surface area contributed by atoms with Gasteiger partial charge in [-0.1, -0.05) is 11.3 Å². The summed E-state index contributed by atoms with van der Waals surface area (Å²) in [7, 11) is -3.71. The maximum atomic E-state index is 13.0.